The largest absolute Gasteiger partial charge is 0.374 e. The minimum atomic E-state index is -0.852. The summed E-state index contributed by atoms with van der Waals surface area (Å²) in [5.74, 6) is 0. The highest BCUT2D eigenvalue weighted by molar-refractivity contribution is 5.13. The van der Waals surface area contributed by atoms with Crippen molar-refractivity contribution in [3.05, 3.63) is 35.9 Å². The van der Waals surface area contributed by atoms with E-state index in [1.807, 2.05) is 37.3 Å². The molecule has 1 unspecified atom stereocenters. The molecule has 1 aromatic rings. The summed E-state index contributed by atoms with van der Waals surface area (Å²) in [6.45, 7) is 2.66. The van der Waals surface area contributed by atoms with Crippen LogP contribution in [0.5, 0.6) is 0 Å². The van der Waals surface area contributed by atoms with Gasteiger partial charge >= 0.3 is 0 Å². The molecule has 0 fully saturated rings. The third-order valence-corrected chi connectivity index (χ3v) is 2.32. The Morgan fingerprint density at radius 1 is 1.40 bits per heavy atom. The van der Waals surface area contributed by atoms with Gasteiger partial charge in [0, 0.05) is 0 Å². The van der Waals surface area contributed by atoms with E-state index in [0.29, 0.717) is 13.0 Å². The van der Waals surface area contributed by atoms with Crippen molar-refractivity contribution in [3.8, 4) is 6.07 Å². The summed E-state index contributed by atoms with van der Waals surface area (Å²) < 4.78 is 5.42. The fourth-order valence-electron chi connectivity index (χ4n) is 1.14. The first kappa shape index (κ1) is 11.7. The summed E-state index contributed by atoms with van der Waals surface area (Å²) in [6, 6.07) is 11.9. The Morgan fingerprint density at radius 2 is 2.07 bits per heavy atom. The molecular formula is C12H16N2O. The lowest BCUT2D eigenvalue weighted by molar-refractivity contribution is 0.0891. The molecule has 0 amide bonds. The fraction of sp³-hybridized carbons (Fsp3) is 0.417. The Labute approximate surface area is 90.5 Å². The molecule has 0 radical (unpaired) electrons. The zero-order chi connectivity index (χ0) is 11.1. The molecular weight excluding hydrogens is 188 g/mol. The first-order valence-electron chi connectivity index (χ1n) is 5.02. The van der Waals surface area contributed by atoms with Crippen LogP contribution in [0.15, 0.2) is 30.3 Å². The van der Waals surface area contributed by atoms with E-state index in [-0.39, 0.29) is 6.61 Å². The second-order valence-corrected chi connectivity index (χ2v) is 3.60. The zero-order valence-electron chi connectivity index (χ0n) is 8.94. The molecule has 0 saturated heterocycles. The minimum absolute atomic E-state index is 0.273. The van der Waals surface area contributed by atoms with E-state index < -0.39 is 5.54 Å². The van der Waals surface area contributed by atoms with Gasteiger partial charge in [0.1, 0.15) is 5.54 Å². The molecule has 0 saturated carbocycles. The summed E-state index contributed by atoms with van der Waals surface area (Å²) in [5, 5.41) is 8.83. The zero-order valence-corrected chi connectivity index (χ0v) is 8.94. The Bertz CT molecular complexity index is 331. The average Bonchev–Trinajstić information content (AvgIpc) is 2.30. The smallest absolute Gasteiger partial charge is 0.127 e. The molecule has 3 nitrogen and oxygen atoms in total. The highest BCUT2D eigenvalue weighted by Crippen LogP contribution is 2.07. The van der Waals surface area contributed by atoms with Crippen molar-refractivity contribution >= 4 is 0 Å². The molecule has 1 aromatic carbocycles. The number of ether oxygens (including phenoxy) is 1. The number of rotatable bonds is 5. The molecule has 0 aliphatic heterocycles. The van der Waals surface area contributed by atoms with Gasteiger partial charge in [-0.25, -0.2) is 0 Å². The van der Waals surface area contributed by atoms with Gasteiger partial charge in [-0.15, -0.1) is 0 Å². The van der Waals surface area contributed by atoms with Gasteiger partial charge in [-0.3, -0.25) is 0 Å². The molecule has 3 heteroatoms. The molecule has 0 aliphatic rings. The lowest BCUT2D eigenvalue weighted by Crippen LogP contribution is -2.42. The number of benzene rings is 1. The summed E-state index contributed by atoms with van der Waals surface area (Å²) in [6.07, 6.45) is 0.596. The maximum absolute atomic E-state index is 8.83. The quantitative estimate of drug-likeness (QED) is 0.796. The third kappa shape index (κ3) is 3.70. The van der Waals surface area contributed by atoms with E-state index in [4.69, 9.17) is 15.7 Å². The normalized spacial score (nSPS) is 14.2. The van der Waals surface area contributed by atoms with Crippen LogP contribution in [-0.4, -0.2) is 12.1 Å². The second kappa shape index (κ2) is 5.50. The van der Waals surface area contributed by atoms with Crippen molar-refractivity contribution < 1.29 is 4.74 Å². The maximum Gasteiger partial charge on any atom is 0.127 e. The first-order chi connectivity index (χ1) is 7.20. The van der Waals surface area contributed by atoms with Crippen molar-refractivity contribution in [2.75, 3.05) is 6.61 Å². The topological polar surface area (TPSA) is 59.0 Å². The van der Waals surface area contributed by atoms with E-state index in [1.54, 1.807) is 0 Å². The Kier molecular flexibility index (Phi) is 4.29. The molecule has 0 heterocycles. The van der Waals surface area contributed by atoms with Crippen LogP contribution >= 0.6 is 0 Å². The monoisotopic (exact) mass is 204 g/mol. The number of hydrogen-bond donors (Lipinski definition) is 1. The Morgan fingerprint density at radius 3 is 2.60 bits per heavy atom. The number of nitrogens with zero attached hydrogens (tertiary/aromatic N) is 1. The summed E-state index contributed by atoms with van der Waals surface area (Å²) >= 11 is 0. The van der Waals surface area contributed by atoms with Crippen molar-refractivity contribution in [2.24, 2.45) is 5.73 Å². The highest BCUT2D eigenvalue weighted by Gasteiger charge is 2.21. The number of nitrogens with two attached hydrogens (primary N) is 1. The van der Waals surface area contributed by atoms with E-state index in [0.717, 1.165) is 5.56 Å². The third-order valence-electron chi connectivity index (χ3n) is 2.32. The summed E-state index contributed by atoms with van der Waals surface area (Å²) in [4.78, 5) is 0. The Hall–Kier alpha value is -1.37. The first-order valence-corrected chi connectivity index (χ1v) is 5.02. The molecule has 2 N–H and O–H groups in total. The summed E-state index contributed by atoms with van der Waals surface area (Å²) in [5.41, 5.74) is 6.01. The molecule has 15 heavy (non-hydrogen) atoms. The van der Waals surface area contributed by atoms with Gasteiger partial charge in [-0.2, -0.15) is 5.26 Å². The standard InChI is InChI=1S/C12H16N2O/c1-2-12(14,9-13)10-15-8-11-6-4-3-5-7-11/h3-7H,2,8,10,14H2,1H3. The van der Waals surface area contributed by atoms with Crippen LogP contribution in [0.1, 0.15) is 18.9 Å². The molecule has 0 aliphatic carbocycles. The van der Waals surface area contributed by atoms with Crippen molar-refractivity contribution in [2.45, 2.75) is 25.5 Å². The fourth-order valence-corrected chi connectivity index (χ4v) is 1.14. The maximum atomic E-state index is 8.83. The average molecular weight is 204 g/mol. The molecule has 1 rings (SSSR count). The van der Waals surface area contributed by atoms with E-state index in [1.165, 1.54) is 0 Å². The van der Waals surface area contributed by atoms with E-state index in [2.05, 4.69) is 6.07 Å². The predicted octanol–water partition coefficient (Wildman–Crippen LogP) is 1.83. The van der Waals surface area contributed by atoms with Crippen LogP contribution in [0, 0.1) is 11.3 Å². The predicted molar refractivity (Wildman–Crippen MR) is 58.9 cm³/mol. The minimum Gasteiger partial charge on any atom is -0.374 e. The van der Waals surface area contributed by atoms with E-state index in [9.17, 15) is 0 Å². The molecule has 0 bridgehead atoms. The highest BCUT2D eigenvalue weighted by atomic mass is 16.5. The van der Waals surface area contributed by atoms with Gasteiger partial charge < -0.3 is 10.5 Å². The van der Waals surface area contributed by atoms with E-state index >= 15 is 0 Å². The molecule has 0 aromatic heterocycles. The van der Waals surface area contributed by atoms with Gasteiger partial charge in [0.25, 0.3) is 0 Å². The summed E-state index contributed by atoms with van der Waals surface area (Å²) in [7, 11) is 0. The van der Waals surface area contributed by atoms with Crippen LogP contribution in [-0.2, 0) is 11.3 Å². The van der Waals surface area contributed by atoms with Crippen LogP contribution in [0.2, 0.25) is 0 Å². The van der Waals surface area contributed by atoms with Gasteiger partial charge in [0.2, 0.25) is 0 Å². The molecule has 80 valence electrons. The van der Waals surface area contributed by atoms with Gasteiger partial charge in [-0.1, -0.05) is 37.3 Å². The molecule has 1 atom stereocenters. The van der Waals surface area contributed by atoms with Crippen molar-refractivity contribution in [1.82, 2.24) is 0 Å². The van der Waals surface area contributed by atoms with Crippen LogP contribution in [0.3, 0.4) is 0 Å². The van der Waals surface area contributed by atoms with Gasteiger partial charge in [0.15, 0.2) is 0 Å². The van der Waals surface area contributed by atoms with Crippen LogP contribution in [0.25, 0.3) is 0 Å². The number of hydrogen-bond acceptors (Lipinski definition) is 3. The SMILES string of the molecule is CCC(N)(C#N)COCc1ccccc1. The van der Waals surface area contributed by atoms with Crippen LogP contribution < -0.4 is 5.73 Å². The lowest BCUT2D eigenvalue weighted by atomic mass is 10.0. The van der Waals surface area contributed by atoms with Crippen molar-refractivity contribution in [1.29, 1.82) is 5.26 Å². The van der Waals surface area contributed by atoms with Crippen molar-refractivity contribution in [3.63, 3.8) is 0 Å². The number of nitriles is 1. The Balaban J connectivity index is 2.37. The lowest BCUT2D eigenvalue weighted by Gasteiger charge is -2.18. The van der Waals surface area contributed by atoms with Crippen LogP contribution in [0.4, 0.5) is 0 Å². The van der Waals surface area contributed by atoms with Gasteiger partial charge in [-0.05, 0) is 12.0 Å². The van der Waals surface area contributed by atoms with Gasteiger partial charge in [0.05, 0.1) is 19.3 Å². The molecule has 0 spiro atoms. The second-order valence-electron chi connectivity index (χ2n) is 3.60.